The lowest BCUT2D eigenvalue weighted by Gasteiger charge is -2.19. The van der Waals surface area contributed by atoms with Gasteiger partial charge < -0.3 is 10.1 Å². The van der Waals surface area contributed by atoms with Crippen LogP contribution in [-0.4, -0.2) is 27.5 Å². The number of ether oxygens (including phenoxy) is 1. The van der Waals surface area contributed by atoms with E-state index in [-0.39, 0.29) is 10.8 Å². The highest BCUT2D eigenvalue weighted by molar-refractivity contribution is 7.92. The van der Waals surface area contributed by atoms with Crippen LogP contribution in [0.3, 0.4) is 0 Å². The van der Waals surface area contributed by atoms with Gasteiger partial charge in [-0.05, 0) is 66.4 Å². The molecule has 1 aliphatic rings. The summed E-state index contributed by atoms with van der Waals surface area (Å²) >= 11 is 0. The summed E-state index contributed by atoms with van der Waals surface area (Å²) in [6.07, 6.45) is 0.698. The summed E-state index contributed by atoms with van der Waals surface area (Å²) in [6.45, 7) is 5.11. The Morgan fingerprint density at radius 3 is 2.53 bits per heavy atom. The predicted octanol–water partition coefficient (Wildman–Crippen LogP) is 4.73. The number of nitrogens with one attached hydrogen (secondary N) is 1. The normalized spacial score (nSPS) is 13.2. The number of hydrogen-bond acceptors (Lipinski definition) is 4. The average Bonchev–Trinajstić information content (AvgIpc) is 3.23. The SMILES string of the molecule is CC(C)COc1cccc(C(=O)Nc2ccc(S(=O)(=O)N3CCc4ccccc43)cc2)c1. The third-order valence-corrected chi connectivity index (χ3v) is 7.05. The number of sulfonamides is 1. The first kappa shape index (κ1) is 21.9. The first-order valence-corrected chi connectivity index (χ1v) is 12.0. The Hall–Kier alpha value is -3.32. The van der Waals surface area contributed by atoms with E-state index in [1.54, 1.807) is 30.3 Å². The maximum Gasteiger partial charge on any atom is 0.264 e. The number of rotatable bonds is 7. The van der Waals surface area contributed by atoms with Crippen molar-refractivity contribution in [2.24, 2.45) is 5.92 Å². The molecule has 0 unspecified atom stereocenters. The summed E-state index contributed by atoms with van der Waals surface area (Å²) in [5, 5.41) is 2.81. The van der Waals surface area contributed by atoms with Crippen LogP contribution in [0.5, 0.6) is 5.75 Å². The summed E-state index contributed by atoms with van der Waals surface area (Å²) in [5.41, 5.74) is 2.74. The van der Waals surface area contributed by atoms with Crippen molar-refractivity contribution in [2.75, 3.05) is 22.8 Å². The fourth-order valence-electron chi connectivity index (χ4n) is 3.59. The zero-order valence-corrected chi connectivity index (χ0v) is 18.9. The summed E-state index contributed by atoms with van der Waals surface area (Å²) in [5.74, 6) is 0.735. The Bertz CT molecular complexity index is 1220. The van der Waals surface area contributed by atoms with E-state index in [0.29, 0.717) is 42.5 Å². The summed E-state index contributed by atoms with van der Waals surface area (Å²) in [6, 6.07) is 20.8. The first-order chi connectivity index (χ1) is 15.3. The van der Waals surface area contributed by atoms with Gasteiger partial charge in [-0.15, -0.1) is 0 Å². The molecule has 6 nitrogen and oxygen atoms in total. The van der Waals surface area contributed by atoms with Gasteiger partial charge in [0.2, 0.25) is 0 Å². The monoisotopic (exact) mass is 450 g/mol. The van der Waals surface area contributed by atoms with E-state index in [1.807, 2.05) is 30.3 Å². The average molecular weight is 451 g/mol. The second-order valence-corrected chi connectivity index (χ2v) is 10.0. The minimum Gasteiger partial charge on any atom is -0.493 e. The molecule has 0 atom stereocenters. The molecule has 32 heavy (non-hydrogen) atoms. The molecular formula is C25H26N2O4S. The number of anilines is 2. The number of hydrogen-bond donors (Lipinski definition) is 1. The lowest BCUT2D eigenvalue weighted by Crippen LogP contribution is -2.29. The van der Waals surface area contributed by atoms with Crippen molar-refractivity contribution in [3.05, 3.63) is 83.9 Å². The molecular weight excluding hydrogens is 424 g/mol. The maximum atomic E-state index is 13.1. The standard InChI is InChI=1S/C25H26N2O4S/c1-18(2)17-31-22-8-5-7-20(16-22)25(28)26-21-10-12-23(13-11-21)32(29,30)27-15-14-19-6-3-4-9-24(19)27/h3-13,16,18H,14-15,17H2,1-2H3,(H,26,28). The highest BCUT2D eigenvalue weighted by atomic mass is 32.2. The van der Waals surface area contributed by atoms with E-state index in [1.165, 1.54) is 16.4 Å². The van der Waals surface area contributed by atoms with Crippen molar-refractivity contribution in [3.63, 3.8) is 0 Å². The molecule has 1 amide bonds. The largest absolute Gasteiger partial charge is 0.493 e. The number of para-hydroxylation sites is 1. The topological polar surface area (TPSA) is 75.7 Å². The molecule has 1 heterocycles. The molecule has 0 radical (unpaired) electrons. The third-order valence-electron chi connectivity index (χ3n) is 5.22. The molecule has 1 aliphatic heterocycles. The number of carbonyl (C=O) groups is 1. The van der Waals surface area contributed by atoms with Crippen molar-refractivity contribution in [1.29, 1.82) is 0 Å². The van der Waals surface area contributed by atoms with Gasteiger partial charge in [-0.2, -0.15) is 0 Å². The Morgan fingerprint density at radius 1 is 1.03 bits per heavy atom. The number of carbonyl (C=O) groups excluding carboxylic acids is 1. The molecule has 0 bridgehead atoms. The maximum absolute atomic E-state index is 13.1. The van der Waals surface area contributed by atoms with Crippen LogP contribution in [0, 0.1) is 5.92 Å². The number of benzene rings is 3. The van der Waals surface area contributed by atoms with E-state index >= 15 is 0 Å². The van der Waals surface area contributed by atoms with Gasteiger partial charge in [-0.1, -0.05) is 38.1 Å². The molecule has 0 aromatic heterocycles. The van der Waals surface area contributed by atoms with Crippen molar-refractivity contribution < 1.29 is 17.9 Å². The minimum absolute atomic E-state index is 0.191. The molecule has 7 heteroatoms. The molecule has 4 rings (SSSR count). The molecule has 3 aromatic rings. The third kappa shape index (κ3) is 4.62. The van der Waals surface area contributed by atoms with Crippen LogP contribution in [0.25, 0.3) is 0 Å². The Morgan fingerprint density at radius 2 is 1.78 bits per heavy atom. The smallest absolute Gasteiger partial charge is 0.264 e. The Labute approximate surface area is 188 Å². The quantitative estimate of drug-likeness (QED) is 0.565. The minimum atomic E-state index is -3.66. The molecule has 0 saturated carbocycles. The van der Waals surface area contributed by atoms with Gasteiger partial charge in [0.05, 0.1) is 17.2 Å². The lowest BCUT2D eigenvalue weighted by molar-refractivity contribution is 0.102. The van der Waals surface area contributed by atoms with Crippen molar-refractivity contribution in [1.82, 2.24) is 0 Å². The van der Waals surface area contributed by atoms with E-state index < -0.39 is 10.0 Å². The predicted molar refractivity (Wildman–Crippen MR) is 126 cm³/mol. The molecule has 0 aliphatic carbocycles. The van der Waals surface area contributed by atoms with Gasteiger partial charge in [-0.25, -0.2) is 8.42 Å². The summed E-state index contributed by atoms with van der Waals surface area (Å²) < 4.78 is 33.4. The van der Waals surface area contributed by atoms with E-state index in [9.17, 15) is 13.2 Å². The van der Waals surface area contributed by atoms with Crippen LogP contribution in [0.2, 0.25) is 0 Å². The van der Waals surface area contributed by atoms with Gasteiger partial charge in [0.15, 0.2) is 0 Å². The van der Waals surface area contributed by atoms with Crippen LogP contribution in [0.4, 0.5) is 11.4 Å². The second-order valence-electron chi connectivity index (χ2n) is 8.17. The Balaban J connectivity index is 1.46. The van der Waals surface area contributed by atoms with Crippen LogP contribution in [0.15, 0.2) is 77.7 Å². The van der Waals surface area contributed by atoms with Crippen molar-refractivity contribution >= 4 is 27.3 Å². The second kappa shape index (κ2) is 9.04. The fourth-order valence-corrected chi connectivity index (χ4v) is 5.09. The van der Waals surface area contributed by atoms with Crippen LogP contribution in [0.1, 0.15) is 29.8 Å². The van der Waals surface area contributed by atoms with Crippen LogP contribution >= 0.6 is 0 Å². The molecule has 0 fully saturated rings. The summed E-state index contributed by atoms with van der Waals surface area (Å²) in [7, 11) is -3.66. The van der Waals surface area contributed by atoms with Gasteiger partial charge in [0.25, 0.3) is 15.9 Å². The number of amides is 1. The summed E-state index contributed by atoms with van der Waals surface area (Å²) in [4.78, 5) is 12.8. The molecule has 0 spiro atoms. The molecule has 0 saturated heterocycles. The van der Waals surface area contributed by atoms with Gasteiger partial charge in [-0.3, -0.25) is 9.10 Å². The van der Waals surface area contributed by atoms with Gasteiger partial charge in [0, 0.05) is 17.8 Å². The van der Waals surface area contributed by atoms with Crippen LogP contribution < -0.4 is 14.4 Å². The van der Waals surface area contributed by atoms with Gasteiger partial charge in [0.1, 0.15) is 5.75 Å². The highest BCUT2D eigenvalue weighted by Gasteiger charge is 2.30. The van der Waals surface area contributed by atoms with Gasteiger partial charge >= 0.3 is 0 Å². The molecule has 1 N–H and O–H groups in total. The number of nitrogens with zero attached hydrogens (tertiary/aromatic N) is 1. The molecule has 3 aromatic carbocycles. The lowest BCUT2D eigenvalue weighted by atomic mass is 10.2. The highest BCUT2D eigenvalue weighted by Crippen LogP contribution is 2.32. The Kier molecular flexibility index (Phi) is 6.19. The van der Waals surface area contributed by atoms with Crippen molar-refractivity contribution in [3.8, 4) is 5.75 Å². The zero-order chi connectivity index (χ0) is 22.7. The number of fused-ring (bicyclic) bond motifs is 1. The fraction of sp³-hybridized carbons (Fsp3) is 0.240. The van der Waals surface area contributed by atoms with Crippen LogP contribution in [-0.2, 0) is 16.4 Å². The van der Waals surface area contributed by atoms with E-state index in [0.717, 1.165) is 11.3 Å². The van der Waals surface area contributed by atoms with E-state index in [4.69, 9.17) is 4.74 Å². The van der Waals surface area contributed by atoms with E-state index in [2.05, 4.69) is 19.2 Å². The zero-order valence-electron chi connectivity index (χ0n) is 18.1. The molecule has 166 valence electrons. The first-order valence-electron chi connectivity index (χ1n) is 10.6. The van der Waals surface area contributed by atoms with Crippen molar-refractivity contribution in [2.45, 2.75) is 25.2 Å².